The second kappa shape index (κ2) is 6.60. The molecule has 0 amide bonds. The highest BCUT2D eigenvalue weighted by Gasteiger charge is 2.18. The molecule has 0 aliphatic carbocycles. The summed E-state index contributed by atoms with van der Waals surface area (Å²) in [6.45, 7) is 0. The Morgan fingerprint density at radius 3 is 2.43 bits per heavy atom. The predicted molar refractivity (Wildman–Crippen MR) is 79.5 cm³/mol. The summed E-state index contributed by atoms with van der Waals surface area (Å²) >= 11 is 0. The highest BCUT2D eigenvalue weighted by atomic mass is 32.2. The average molecular weight is 303 g/mol. The van der Waals surface area contributed by atoms with Crippen LogP contribution in [-0.2, 0) is 25.4 Å². The van der Waals surface area contributed by atoms with E-state index in [0.717, 1.165) is 10.8 Å². The van der Waals surface area contributed by atoms with Crippen molar-refractivity contribution in [2.45, 2.75) is 18.2 Å². The van der Waals surface area contributed by atoms with Crippen molar-refractivity contribution in [3.63, 3.8) is 0 Å². The molecule has 0 saturated heterocycles. The highest BCUT2D eigenvalue weighted by Crippen LogP contribution is 2.17. The molecule has 2 radical (unpaired) electrons. The van der Waals surface area contributed by atoms with E-state index in [4.69, 9.17) is 0 Å². The first-order valence-electron chi connectivity index (χ1n) is 6.24. The lowest BCUT2D eigenvalue weighted by molar-refractivity contribution is 0.517. The minimum atomic E-state index is -3.73. The molecule has 0 aliphatic rings. The number of carbonyl (C=O) groups excluding carboxylic acids is 2. The van der Waals surface area contributed by atoms with Gasteiger partial charge in [0, 0.05) is 6.42 Å². The second-order valence-corrected chi connectivity index (χ2v) is 6.33. The van der Waals surface area contributed by atoms with Gasteiger partial charge in [0.05, 0.1) is 11.8 Å². The van der Waals surface area contributed by atoms with Crippen molar-refractivity contribution in [3.8, 4) is 0 Å². The lowest BCUT2D eigenvalue weighted by Crippen LogP contribution is -2.36. The molecular formula is C15H13NO4S. The van der Waals surface area contributed by atoms with Crippen LogP contribution in [-0.4, -0.2) is 27.0 Å². The van der Waals surface area contributed by atoms with Gasteiger partial charge in [-0.05, 0) is 16.3 Å². The van der Waals surface area contributed by atoms with Gasteiger partial charge in [-0.1, -0.05) is 42.5 Å². The molecule has 0 unspecified atom stereocenters. The standard InChI is InChI=1S/C15H13NO4S/c17-8-7-15(10-18)16-21(19,20)11-12-5-6-13-3-1-2-4-14(13)9-12/h1-6,9,15-16H,7,11H2/t15-/m0/s1. The lowest BCUT2D eigenvalue weighted by Gasteiger charge is -2.10. The van der Waals surface area contributed by atoms with E-state index in [0.29, 0.717) is 5.56 Å². The van der Waals surface area contributed by atoms with Crippen molar-refractivity contribution in [3.05, 3.63) is 48.0 Å². The maximum Gasteiger partial charge on any atom is 0.218 e. The molecule has 0 saturated carbocycles. The zero-order valence-electron chi connectivity index (χ0n) is 11.1. The fourth-order valence-electron chi connectivity index (χ4n) is 2.00. The van der Waals surface area contributed by atoms with Crippen LogP contribution in [0.5, 0.6) is 0 Å². The molecule has 0 heterocycles. The van der Waals surface area contributed by atoms with Gasteiger partial charge in [0.15, 0.2) is 0 Å². The first-order chi connectivity index (χ1) is 10.0. The normalized spacial score (nSPS) is 13.0. The molecule has 6 heteroatoms. The Hall–Kier alpha value is -2.05. The number of hydrogen-bond acceptors (Lipinski definition) is 4. The van der Waals surface area contributed by atoms with E-state index in [-0.39, 0.29) is 12.2 Å². The summed E-state index contributed by atoms with van der Waals surface area (Å²) in [6.07, 6.45) is 2.61. The molecular weight excluding hydrogens is 290 g/mol. The van der Waals surface area contributed by atoms with Crippen LogP contribution in [0.3, 0.4) is 0 Å². The molecule has 0 aromatic heterocycles. The topological polar surface area (TPSA) is 80.3 Å². The number of fused-ring (bicyclic) bond motifs is 1. The quantitative estimate of drug-likeness (QED) is 0.834. The predicted octanol–water partition coefficient (Wildman–Crippen LogP) is 1.24. The fraction of sp³-hybridized carbons (Fsp3) is 0.200. The summed E-state index contributed by atoms with van der Waals surface area (Å²) in [5.74, 6) is -0.269. The summed E-state index contributed by atoms with van der Waals surface area (Å²) in [5, 5.41) is 1.95. The van der Waals surface area contributed by atoms with Gasteiger partial charge in [-0.3, -0.25) is 9.59 Å². The molecule has 21 heavy (non-hydrogen) atoms. The molecule has 1 N–H and O–H groups in total. The van der Waals surface area contributed by atoms with Crippen molar-refractivity contribution in [2.24, 2.45) is 0 Å². The number of sulfonamides is 1. The van der Waals surface area contributed by atoms with E-state index in [1.807, 2.05) is 30.3 Å². The van der Waals surface area contributed by atoms with Crippen molar-refractivity contribution < 1.29 is 18.0 Å². The molecule has 1 atom stereocenters. The summed E-state index contributed by atoms with van der Waals surface area (Å²) in [4.78, 5) is 20.8. The molecule has 2 aromatic rings. The lowest BCUT2D eigenvalue weighted by atomic mass is 10.1. The highest BCUT2D eigenvalue weighted by molar-refractivity contribution is 7.88. The van der Waals surface area contributed by atoms with E-state index in [1.165, 1.54) is 12.6 Å². The van der Waals surface area contributed by atoms with Gasteiger partial charge in [-0.2, -0.15) is 0 Å². The van der Waals surface area contributed by atoms with Crippen LogP contribution >= 0.6 is 0 Å². The zero-order valence-corrected chi connectivity index (χ0v) is 11.9. The first-order valence-corrected chi connectivity index (χ1v) is 7.89. The zero-order chi connectivity index (χ0) is 15.3. The van der Waals surface area contributed by atoms with Crippen LogP contribution in [0.1, 0.15) is 12.0 Å². The van der Waals surface area contributed by atoms with Gasteiger partial charge >= 0.3 is 0 Å². The van der Waals surface area contributed by atoms with Gasteiger partial charge in [-0.15, -0.1) is 0 Å². The number of nitrogens with one attached hydrogen (secondary N) is 1. The minimum Gasteiger partial charge on any atom is -0.291 e. The van der Waals surface area contributed by atoms with Gasteiger partial charge in [0.1, 0.15) is 0 Å². The Morgan fingerprint density at radius 2 is 1.76 bits per heavy atom. The molecule has 108 valence electrons. The van der Waals surface area contributed by atoms with Gasteiger partial charge in [0.2, 0.25) is 22.6 Å². The Morgan fingerprint density at radius 1 is 1.05 bits per heavy atom. The molecule has 0 spiro atoms. The largest absolute Gasteiger partial charge is 0.291 e. The molecule has 0 aliphatic heterocycles. The van der Waals surface area contributed by atoms with Crippen molar-refractivity contribution >= 4 is 33.4 Å². The SMILES string of the molecule is O=[C]C[C@@H]([C]=O)NS(=O)(=O)Cc1ccc2ccccc2c1. The van der Waals surface area contributed by atoms with Crippen molar-refractivity contribution in [2.75, 3.05) is 0 Å². The van der Waals surface area contributed by atoms with Crippen LogP contribution in [0.15, 0.2) is 42.5 Å². The van der Waals surface area contributed by atoms with E-state index < -0.39 is 16.1 Å². The summed E-state index contributed by atoms with van der Waals surface area (Å²) in [7, 11) is -3.73. The summed E-state index contributed by atoms with van der Waals surface area (Å²) in [5.41, 5.74) is 0.598. The van der Waals surface area contributed by atoms with Crippen molar-refractivity contribution in [1.82, 2.24) is 4.72 Å². The van der Waals surface area contributed by atoms with E-state index in [1.54, 1.807) is 12.1 Å². The second-order valence-electron chi connectivity index (χ2n) is 4.58. The number of rotatable bonds is 7. The molecule has 0 bridgehead atoms. The monoisotopic (exact) mass is 303 g/mol. The van der Waals surface area contributed by atoms with Gasteiger partial charge in [0.25, 0.3) is 0 Å². The molecule has 5 nitrogen and oxygen atoms in total. The van der Waals surface area contributed by atoms with Crippen LogP contribution in [0.4, 0.5) is 0 Å². The first kappa shape index (κ1) is 15.3. The van der Waals surface area contributed by atoms with E-state index in [2.05, 4.69) is 4.72 Å². The average Bonchev–Trinajstić information content (AvgIpc) is 2.46. The number of benzene rings is 2. The van der Waals surface area contributed by atoms with Gasteiger partial charge in [-0.25, -0.2) is 13.1 Å². The smallest absolute Gasteiger partial charge is 0.218 e. The molecule has 2 rings (SSSR count). The Bertz CT molecular complexity index is 755. The van der Waals surface area contributed by atoms with E-state index in [9.17, 15) is 18.0 Å². The maximum atomic E-state index is 12.0. The summed E-state index contributed by atoms with van der Waals surface area (Å²) < 4.78 is 26.0. The minimum absolute atomic E-state index is 0.269. The third-order valence-corrected chi connectivity index (χ3v) is 4.28. The third-order valence-electron chi connectivity index (χ3n) is 2.92. The Balaban J connectivity index is 2.17. The Kier molecular flexibility index (Phi) is 4.82. The van der Waals surface area contributed by atoms with Crippen LogP contribution < -0.4 is 4.72 Å². The van der Waals surface area contributed by atoms with Crippen LogP contribution in [0.2, 0.25) is 0 Å². The van der Waals surface area contributed by atoms with E-state index >= 15 is 0 Å². The van der Waals surface area contributed by atoms with Crippen molar-refractivity contribution in [1.29, 1.82) is 0 Å². The molecule has 0 fully saturated rings. The third kappa shape index (κ3) is 4.21. The number of hydrogen-bond donors (Lipinski definition) is 1. The molecule has 2 aromatic carbocycles. The Labute approximate surface area is 123 Å². The fourth-order valence-corrected chi connectivity index (χ4v) is 3.26. The van der Waals surface area contributed by atoms with Crippen LogP contribution in [0.25, 0.3) is 10.8 Å². The summed E-state index contributed by atoms with van der Waals surface area (Å²) in [6, 6.07) is 11.7. The maximum absolute atomic E-state index is 12.0. The van der Waals surface area contributed by atoms with Gasteiger partial charge < -0.3 is 0 Å². The van der Waals surface area contributed by atoms with Crippen LogP contribution in [0, 0.1) is 0 Å².